The molecule has 2 aromatic rings. The third-order valence-corrected chi connectivity index (χ3v) is 2.80. The topological polar surface area (TPSA) is 76.6 Å². The summed E-state index contributed by atoms with van der Waals surface area (Å²) in [7, 11) is 0.218. The van der Waals surface area contributed by atoms with E-state index < -0.39 is 7.12 Å². The quantitative estimate of drug-likeness (QED) is 0.674. The molecule has 0 saturated heterocycles. The van der Waals surface area contributed by atoms with Gasteiger partial charge in [-0.05, 0) is 17.6 Å². The summed E-state index contributed by atoms with van der Waals surface area (Å²) in [6.07, 6.45) is 3.40. The number of imidazole rings is 1. The summed E-state index contributed by atoms with van der Waals surface area (Å²) in [6.45, 7) is 0.828. The van der Waals surface area contributed by atoms with Crippen LogP contribution in [0.2, 0.25) is 0 Å². The number of aryl methyl sites for hydroxylation is 1. The van der Waals surface area contributed by atoms with Crippen LogP contribution in [-0.2, 0) is 13.6 Å². The highest BCUT2D eigenvalue weighted by Gasteiger charge is 2.09. The van der Waals surface area contributed by atoms with E-state index >= 15 is 0 Å². The summed E-state index contributed by atoms with van der Waals surface area (Å²) in [4.78, 5) is 11.5. The lowest BCUT2D eigenvalue weighted by atomic mass is 9.80. The van der Waals surface area contributed by atoms with Crippen LogP contribution in [0.25, 0.3) is 0 Å². The minimum atomic E-state index is -1.48. The van der Waals surface area contributed by atoms with Gasteiger partial charge in [0.1, 0.15) is 12.4 Å². The summed E-state index contributed by atoms with van der Waals surface area (Å²) < 4.78 is 8.54. The van der Waals surface area contributed by atoms with Crippen molar-refractivity contribution in [2.75, 3.05) is 6.61 Å². The highest BCUT2D eigenvalue weighted by molar-refractivity contribution is 6.58. The highest BCUT2D eigenvalue weighted by atomic mass is 16.5. The third kappa shape index (κ3) is 3.27. The molecule has 1 aromatic heterocycles. The van der Waals surface area contributed by atoms with E-state index in [1.165, 1.54) is 4.57 Å². The smallest absolute Gasteiger partial charge is 0.488 e. The van der Waals surface area contributed by atoms with Gasteiger partial charge in [0.2, 0.25) is 0 Å². The molecular weight excluding hydrogens is 247 g/mol. The number of benzene rings is 1. The number of aromatic nitrogens is 2. The van der Waals surface area contributed by atoms with E-state index in [0.29, 0.717) is 24.4 Å². The van der Waals surface area contributed by atoms with Crippen LogP contribution in [0.1, 0.15) is 0 Å². The zero-order valence-electron chi connectivity index (χ0n) is 10.6. The molecule has 0 radical (unpaired) electrons. The molecule has 19 heavy (non-hydrogen) atoms. The zero-order chi connectivity index (χ0) is 13.8. The molecule has 7 heteroatoms. The van der Waals surface area contributed by atoms with Crippen LogP contribution in [0.3, 0.4) is 0 Å². The fraction of sp³-hybridized carbons (Fsp3) is 0.250. The second-order valence-corrected chi connectivity index (χ2v) is 4.18. The predicted molar refractivity (Wildman–Crippen MR) is 71.4 cm³/mol. The minimum Gasteiger partial charge on any atom is -0.492 e. The van der Waals surface area contributed by atoms with E-state index in [4.69, 9.17) is 14.8 Å². The molecule has 6 nitrogen and oxygen atoms in total. The first-order valence-corrected chi connectivity index (χ1v) is 5.88. The molecule has 0 atom stereocenters. The van der Waals surface area contributed by atoms with E-state index in [1.54, 1.807) is 48.3 Å². The van der Waals surface area contributed by atoms with E-state index in [0.717, 1.165) is 0 Å². The van der Waals surface area contributed by atoms with Crippen molar-refractivity contribution in [3.05, 3.63) is 47.1 Å². The van der Waals surface area contributed by atoms with Crippen molar-refractivity contribution in [3.63, 3.8) is 0 Å². The Labute approximate surface area is 110 Å². The van der Waals surface area contributed by atoms with Crippen molar-refractivity contribution in [2.45, 2.75) is 6.54 Å². The molecule has 0 amide bonds. The fourth-order valence-corrected chi connectivity index (χ4v) is 1.68. The third-order valence-electron chi connectivity index (χ3n) is 2.80. The molecule has 0 bridgehead atoms. The molecule has 0 aliphatic heterocycles. The first kappa shape index (κ1) is 13.4. The lowest BCUT2D eigenvalue weighted by Gasteiger charge is -2.07. The molecule has 100 valence electrons. The molecule has 0 saturated carbocycles. The Morgan fingerprint density at radius 3 is 2.42 bits per heavy atom. The summed E-state index contributed by atoms with van der Waals surface area (Å²) in [5.74, 6) is 0.619. The Morgan fingerprint density at radius 2 is 1.89 bits per heavy atom. The van der Waals surface area contributed by atoms with Gasteiger partial charge in [-0.25, -0.2) is 4.79 Å². The van der Waals surface area contributed by atoms with Crippen molar-refractivity contribution >= 4 is 12.6 Å². The molecule has 2 rings (SSSR count). The van der Waals surface area contributed by atoms with Gasteiger partial charge < -0.3 is 19.4 Å². The van der Waals surface area contributed by atoms with Crippen LogP contribution in [0.4, 0.5) is 0 Å². The second kappa shape index (κ2) is 5.77. The first-order chi connectivity index (χ1) is 9.08. The van der Waals surface area contributed by atoms with Crippen LogP contribution in [0.5, 0.6) is 5.75 Å². The Morgan fingerprint density at radius 1 is 1.21 bits per heavy atom. The Bertz CT molecular complexity index is 589. The molecule has 0 spiro atoms. The normalized spacial score (nSPS) is 10.5. The van der Waals surface area contributed by atoms with Gasteiger partial charge >= 0.3 is 12.8 Å². The lowest BCUT2D eigenvalue weighted by molar-refractivity contribution is 0.296. The average Bonchev–Trinajstić information content (AvgIpc) is 2.71. The lowest BCUT2D eigenvalue weighted by Crippen LogP contribution is -2.29. The van der Waals surface area contributed by atoms with Gasteiger partial charge in [0.15, 0.2) is 0 Å². The second-order valence-electron chi connectivity index (χ2n) is 4.18. The Hall–Kier alpha value is -1.99. The van der Waals surface area contributed by atoms with Crippen molar-refractivity contribution in [2.24, 2.45) is 7.05 Å². The summed E-state index contributed by atoms with van der Waals surface area (Å²) in [5.41, 5.74) is 0.328. The van der Waals surface area contributed by atoms with Crippen LogP contribution in [-0.4, -0.2) is 32.9 Å². The van der Waals surface area contributed by atoms with E-state index in [-0.39, 0.29) is 5.69 Å². The average molecular weight is 262 g/mol. The number of nitrogens with zero attached hydrogens (tertiary/aromatic N) is 2. The zero-order valence-corrected chi connectivity index (χ0v) is 10.6. The number of ether oxygens (including phenoxy) is 1. The highest BCUT2D eigenvalue weighted by Crippen LogP contribution is 2.07. The van der Waals surface area contributed by atoms with Gasteiger partial charge in [-0.15, -0.1) is 0 Å². The standard InChI is InChI=1S/C12H15BN2O4/c1-14-6-7-15(12(14)16)8-9-19-11-4-2-10(3-5-11)13(17)18/h2-7,17-18H,8-9H2,1H3. The molecule has 2 N–H and O–H groups in total. The van der Waals surface area contributed by atoms with E-state index in [2.05, 4.69) is 0 Å². The molecular formula is C12H15BN2O4. The van der Waals surface area contributed by atoms with Gasteiger partial charge in [0.05, 0.1) is 6.54 Å². The van der Waals surface area contributed by atoms with Gasteiger partial charge in [0.25, 0.3) is 0 Å². The number of hydrogen-bond acceptors (Lipinski definition) is 4. The molecule has 0 fully saturated rings. The van der Waals surface area contributed by atoms with Crippen molar-refractivity contribution in [1.82, 2.24) is 9.13 Å². The van der Waals surface area contributed by atoms with Gasteiger partial charge in [-0.1, -0.05) is 12.1 Å². The summed E-state index contributed by atoms with van der Waals surface area (Å²) >= 11 is 0. The number of rotatable bonds is 5. The first-order valence-electron chi connectivity index (χ1n) is 5.88. The van der Waals surface area contributed by atoms with Crippen molar-refractivity contribution < 1.29 is 14.8 Å². The van der Waals surface area contributed by atoms with Crippen LogP contribution < -0.4 is 15.9 Å². The van der Waals surface area contributed by atoms with Crippen LogP contribution in [0, 0.1) is 0 Å². The molecule has 0 aliphatic rings. The largest absolute Gasteiger partial charge is 0.492 e. The van der Waals surface area contributed by atoms with Crippen LogP contribution >= 0.6 is 0 Å². The van der Waals surface area contributed by atoms with E-state index in [1.807, 2.05) is 0 Å². The number of hydrogen-bond donors (Lipinski definition) is 2. The monoisotopic (exact) mass is 262 g/mol. The van der Waals surface area contributed by atoms with Crippen LogP contribution in [0.15, 0.2) is 41.5 Å². The maximum Gasteiger partial charge on any atom is 0.488 e. The minimum absolute atomic E-state index is 0.0812. The fourth-order valence-electron chi connectivity index (χ4n) is 1.68. The molecule has 0 unspecified atom stereocenters. The van der Waals surface area contributed by atoms with Gasteiger partial charge in [0, 0.05) is 19.4 Å². The maximum atomic E-state index is 11.5. The SMILES string of the molecule is Cn1ccn(CCOc2ccc(B(O)O)cc2)c1=O. The molecule has 0 aliphatic carbocycles. The Kier molecular flexibility index (Phi) is 4.08. The maximum absolute atomic E-state index is 11.5. The molecule has 1 heterocycles. The van der Waals surface area contributed by atoms with Crippen molar-refractivity contribution in [1.29, 1.82) is 0 Å². The Balaban J connectivity index is 1.89. The predicted octanol–water partition coefficient (Wildman–Crippen LogP) is -1.05. The van der Waals surface area contributed by atoms with Crippen molar-refractivity contribution in [3.8, 4) is 5.75 Å². The van der Waals surface area contributed by atoms with Gasteiger partial charge in [-0.2, -0.15) is 0 Å². The van der Waals surface area contributed by atoms with E-state index in [9.17, 15) is 4.79 Å². The summed E-state index contributed by atoms with van der Waals surface area (Å²) in [6, 6.07) is 6.47. The molecule has 1 aromatic carbocycles. The summed E-state index contributed by atoms with van der Waals surface area (Å²) in [5, 5.41) is 17.9. The van der Waals surface area contributed by atoms with Gasteiger partial charge in [-0.3, -0.25) is 4.57 Å².